The maximum absolute atomic E-state index is 12.3. The Morgan fingerprint density at radius 1 is 0.618 bits per heavy atom. The standard InChI is InChI=1S/C26H18N3O4.Ir/c30-25(31)23-18-11-4-9-16(27-18)22(15-7-2-1-3-8-15)17-10-5-12-19(28-17)24(26(32)33)21-14-6-13-20(23)29-21;/h1-7,9-14,22-24H,(H,30,31)(H,32,33);/q-1;. The molecular weight excluding hydrogens is 611 g/mol. The van der Waals surface area contributed by atoms with Gasteiger partial charge in [-0.3, -0.25) is 24.5 Å². The summed E-state index contributed by atoms with van der Waals surface area (Å²) < 4.78 is 0. The first-order valence-corrected chi connectivity index (χ1v) is 10.4. The van der Waals surface area contributed by atoms with Crippen molar-refractivity contribution < 1.29 is 39.9 Å². The van der Waals surface area contributed by atoms with Gasteiger partial charge in [0, 0.05) is 26.0 Å². The van der Waals surface area contributed by atoms with Crippen LogP contribution in [0.3, 0.4) is 0 Å². The molecule has 1 aromatic carbocycles. The number of rotatable bonds is 3. The molecule has 0 saturated carbocycles. The molecule has 0 amide bonds. The number of hydrogen-bond donors (Lipinski definition) is 2. The predicted molar refractivity (Wildman–Crippen MR) is 118 cm³/mol. The van der Waals surface area contributed by atoms with Crippen LogP contribution in [0.25, 0.3) is 0 Å². The number of fused-ring (bicyclic) bond motifs is 6. The Bertz CT molecular complexity index is 1280. The van der Waals surface area contributed by atoms with Crippen molar-refractivity contribution in [3.8, 4) is 0 Å². The van der Waals surface area contributed by atoms with Crippen molar-refractivity contribution in [3.05, 3.63) is 125 Å². The number of nitrogens with zero attached hydrogens (tertiary/aromatic N) is 3. The predicted octanol–water partition coefficient (Wildman–Crippen LogP) is 3.60. The van der Waals surface area contributed by atoms with Crippen LogP contribution in [0.5, 0.6) is 0 Å². The van der Waals surface area contributed by atoms with Crippen LogP contribution >= 0.6 is 0 Å². The molecule has 1 radical (unpaired) electrons. The van der Waals surface area contributed by atoms with E-state index in [0.29, 0.717) is 22.8 Å². The molecule has 3 aromatic heterocycles. The van der Waals surface area contributed by atoms with E-state index in [0.717, 1.165) is 5.56 Å². The summed E-state index contributed by atoms with van der Waals surface area (Å²) in [6.07, 6.45) is 0. The summed E-state index contributed by atoms with van der Waals surface area (Å²) in [5, 5.41) is 20.1. The molecular formula is C26H18IrN3O4-. The summed E-state index contributed by atoms with van der Waals surface area (Å²) in [6.45, 7) is 0. The number of pyridine rings is 3. The third-order valence-corrected chi connectivity index (χ3v) is 5.69. The maximum atomic E-state index is 12.3. The minimum Gasteiger partial charge on any atom is -0.480 e. The molecule has 2 unspecified atom stereocenters. The molecule has 4 aromatic rings. The van der Waals surface area contributed by atoms with Gasteiger partial charge >= 0.3 is 11.9 Å². The van der Waals surface area contributed by atoms with Gasteiger partial charge in [-0.05, 0) is 36.4 Å². The fourth-order valence-electron chi connectivity index (χ4n) is 4.24. The summed E-state index contributed by atoms with van der Waals surface area (Å²) >= 11 is 0. The normalized spacial score (nSPS) is 18.5. The molecule has 0 spiro atoms. The maximum Gasteiger partial charge on any atom is 0.318 e. The monoisotopic (exact) mass is 629 g/mol. The Morgan fingerprint density at radius 2 is 1.03 bits per heavy atom. The number of benzene rings is 1. The average molecular weight is 629 g/mol. The summed E-state index contributed by atoms with van der Waals surface area (Å²) in [7, 11) is 0. The molecule has 171 valence electrons. The third-order valence-electron chi connectivity index (χ3n) is 5.69. The zero-order chi connectivity index (χ0) is 22.9. The van der Waals surface area contributed by atoms with Crippen LogP contribution in [0, 0.1) is 6.07 Å². The van der Waals surface area contributed by atoms with Crippen LogP contribution in [0.4, 0.5) is 0 Å². The van der Waals surface area contributed by atoms with Gasteiger partial charge in [-0.25, -0.2) is 0 Å². The van der Waals surface area contributed by atoms with Crippen LogP contribution in [-0.4, -0.2) is 37.1 Å². The first-order valence-electron chi connectivity index (χ1n) is 10.4. The van der Waals surface area contributed by atoms with Crippen molar-refractivity contribution >= 4 is 11.9 Å². The van der Waals surface area contributed by atoms with E-state index in [2.05, 4.69) is 11.1 Å². The Hall–Kier alpha value is -3.74. The summed E-state index contributed by atoms with van der Waals surface area (Å²) in [5.74, 6) is -4.99. The van der Waals surface area contributed by atoms with Gasteiger partial charge in [-0.1, -0.05) is 18.2 Å². The van der Waals surface area contributed by atoms with Gasteiger partial charge in [0.2, 0.25) is 0 Å². The first kappa shape index (κ1) is 23.4. The van der Waals surface area contributed by atoms with Gasteiger partial charge in [0.05, 0.1) is 34.2 Å². The van der Waals surface area contributed by atoms with E-state index < -0.39 is 29.7 Å². The Kier molecular flexibility index (Phi) is 6.63. The molecule has 2 atom stereocenters. The van der Waals surface area contributed by atoms with Crippen LogP contribution in [-0.2, 0) is 29.7 Å². The molecule has 5 rings (SSSR count). The van der Waals surface area contributed by atoms with E-state index in [1.807, 2.05) is 30.3 Å². The molecule has 1 aliphatic rings. The second-order valence-electron chi connectivity index (χ2n) is 7.76. The number of carboxylic acid groups (broad SMARTS) is 2. The molecule has 0 aliphatic carbocycles. The summed E-state index contributed by atoms with van der Waals surface area (Å²) in [5.41, 5.74) is 3.04. The summed E-state index contributed by atoms with van der Waals surface area (Å²) in [6, 6.07) is 25.8. The number of aliphatic carboxylic acids is 2. The van der Waals surface area contributed by atoms with E-state index in [-0.39, 0.29) is 31.5 Å². The molecule has 0 saturated heterocycles. The molecule has 4 heterocycles. The van der Waals surface area contributed by atoms with Crippen molar-refractivity contribution in [1.82, 2.24) is 15.0 Å². The second-order valence-corrected chi connectivity index (χ2v) is 7.76. The third kappa shape index (κ3) is 4.25. The van der Waals surface area contributed by atoms with Crippen LogP contribution < -0.4 is 0 Å². The van der Waals surface area contributed by atoms with Crippen molar-refractivity contribution in [2.45, 2.75) is 17.8 Å². The van der Waals surface area contributed by atoms with Crippen molar-refractivity contribution in [2.24, 2.45) is 0 Å². The first-order chi connectivity index (χ1) is 16.0. The van der Waals surface area contributed by atoms with Gasteiger partial charge in [0.25, 0.3) is 0 Å². The zero-order valence-corrected chi connectivity index (χ0v) is 20.0. The van der Waals surface area contributed by atoms with E-state index >= 15 is 0 Å². The Balaban J connectivity index is 0.00000274. The number of aromatic nitrogens is 3. The number of carbonyl (C=O) groups is 2. The quantitative estimate of drug-likeness (QED) is 0.334. The number of carboxylic acids is 2. The van der Waals surface area contributed by atoms with Crippen LogP contribution in [0.1, 0.15) is 57.5 Å². The van der Waals surface area contributed by atoms with Crippen molar-refractivity contribution in [3.63, 3.8) is 0 Å². The minimum absolute atomic E-state index is 0. The van der Waals surface area contributed by atoms with Crippen molar-refractivity contribution in [1.29, 1.82) is 0 Å². The second kappa shape index (κ2) is 9.63. The van der Waals surface area contributed by atoms with Crippen LogP contribution in [0.15, 0.2) is 78.9 Å². The van der Waals surface area contributed by atoms with Gasteiger partial charge in [-0.15, -0.1) is 5.56 Å². The Labute approximate surface area is 208 Å². The van der Waals surface area contributed by atoms with Gasteiger partial charge in [0.1, 0.15) is 11.8 Å². The SMILES string of the molecule is O=C(O)C1c2cccc(n2)C(C(=O)O)c2cccc(n2)C(c2[c-]cccc2)c2cccc1n2.[Ir]. The fraction of sp³-hybridized carbons (Fsp3) is 0.115. The summed E-state index contributed by atoms with van der Waals surface area (Å²) in [4.78, 5) is 38.5. The molecule has 1 aliphatic heterocycles. The van der Waals surface area contributed by atoms with Crippen molar-refractivity contribution in [2.75, 3.05) is 0 Å². The molecule has 6 bridgehead atoms. The smallest absolute Gasteiger partial charge is 0.318 e. The van der Waals surface area contributed by atoms with E-state index in [1.54, 1.807) is 48.5 Å². The van der Waals surface area contributed by atoms with Gasteiger partial charge < -0.3 is 10.2 Å². The molecule has 0 fully saturated rings. The van der Waals surface area contributed by atoms with Crippen LogP contribution in [0.2, 0.25) is 0 Å². The molecule has 8 heteroatoms. The van der Waals surface area contributed by atoms with E-state index in [1.165, 1.54) is 0 Å². The fourth-order valence-corrected chi connectivity index (χ4v) is 4.24. The van der Waals surface area contributed by atoms with E-state index in [4.69, 9.17) is 9.97 Å². The number of hydrogen-bond acceptors (Lipinski definition) is 5. The van der Waals surface area contributed by atoms with E-state index in [9.17, 15) is 19.8 Å². The molecule has 7 nitrogen and oxygen atoms in total. The largest absolute Gasteiger partial charge is 0.480 e. The van der Waals surface area contributed by atoms with Gasteiger partial charge in [0.15, 0.2) is 0 Å². The average Bonchev–Trinajstić information content (AvgIpc) is 2.80. The zero-order valence-electron chi connectivity index (χ0n) is 17.6. The molecule has 34 heavy (non-hydrogen) atoms. The van der Waals surface area contributed by atoms with Gasteiger partial charge in [-0.2, -0.15) is 30.3 Å². The minimum atomic E-state index is -1.15. The molecule has 2 N–H and O–H groups in total. The topological polar surface area (TPSA) is 113 Å². The Morgan fingerprint density at radius 3 is 1.41 bits per heavy atom.